The largest absolute Gasteiger partial charge is 0.481 e. The Morgan fingerprint density at radius 3 is 2.95 bits per heavy atom. The van der Waals surface area contributed by atoms with Crippen molar-refractivity contribution in [2.75, 3.05) is 17.8 Å². The molecule has 0 saturated carbocycles. The van der Waals surface area contributed by atoms with E-state index in [0.29, 0.717) is 10.9 Å². The highest BCUT2D eigenvalue weighted by Gasteiger charge is 2.15. The molecule has 1 aromatic carbocycles. The van der Waals surface area contributed by atoms with Gasteiger partial charge in [0.25, 0.3) is 0 Å². The minimum absolute atomic E-state index is 0.00790. The maximum absolute atomic E-state index is 10.8. The topological polar surface area (TPSA) is 55.1 Å². The van der Waals surface area contributed by atoms with E-state index in [9.17, 15) is 4.79 Å². The summed E-state index contributed by atoms with van der Waals surface area (Å²) in [6.07, 6.45) is 2.09. The number of hydrogen-bond donors (Lipinski definition) is 1. The first-order valence-electron chi connectivity index (χ1n) is 6.50. The molecular formula is C14H17ClN2O2S2. The second-order valence-electron chi connectivity index (χ2n) is 4.88. The molecule has 1 N–H and O–H groups in total. The molecule has 1 heterocycles. The average Bonchev–Trinajstić information content (AvgIpc) is 2.74. The van der Waals surface area contributed by atoms with Gasteiger partial charge in [0, 0.05) is 11.6 Å². The Hall–Kier alpha value is -0.850. The molecule has 0 aliphatic carbocycles. The molecule has 1 unspecified atom stereocenters. The van der Waals surface area contributed by atoms with Crippen LogP contribution in [0.4, 0.5) is 0 Å². The minimum Gasteiger partial charge on any atom is -0.481 e. The number of carbonyl (C=O) groups is 1. The molecule has 21 heavy (non-hydrogen) atoms. The van der Waals surface area contributed by atoms with Crippen molar-refractivity contribution in [3.05, 3.63) is 23.2 Å². The summed E-state index contributed by atoms with van der Waals surface area (Å²) >= 11 is 9.07. The van der Waals surface area contributed by atoms with Crippen LogP contribution in [-0.4, -0.2) is 38.4 Å². The molecule has 0 radical (unpaired) electrons. The smallest absolute Gasteiger partial charge is 0.313 e. The lowest BCUT2D eigenvalue weighted by molar-refractivity contribution is -0.133. The third kappa shape index (κ3) is 4.31. The van der Waals surface area contributed by atoms with Gasteiger partial charge < -0.3 is 9.67 Å². The summed E-state index contributed by atoms with van der Waals surface area (Å²) in [5.41, 5.74) is 1.81. The SMILES string of the molecule is CSCC(C)Cn1c(SCC(=O)O)nc2cc(Cl)ccc21. The summed E-state index contributed by atoms with van der Waals surface area (Å²) in [5, 5.41) is 10.2. The van der Waals surface area contributed by atoms with Crippen molar-refractivity contribution in [3.63, 3.8) is 0 Å². The number of imidazole rings is 1. The number of aromatic nitrogens is 2. The lowest BCUT2D eigenvalue weighted by atomic mass is 10.2. The minimum atomic E-state index is -0.839. The molecule has 114 valence electrons. The van der Waals surface area contributed by atoms with Crippen LogP contribution in [0, 0.1) is 5.92 Å². The summed E-state index contributed by atoms with van der Waals surface area (Å²) in [5.74, 6) is 0.704. The van der Waals surface area contributed by atoms with Crippen LogP contribution in [0.15, 0.2) is 23.4 Å². The number of nitrogens with zero attached hydrogens (tertiary/aromatic N) is 2. The van der Waals surface area contributed by atoms with E-state index >= 15 is 0 Å². The summed E-state index contributed by atoms with van der Waals surface area (Å²) < 4.78 is 2.10. The normalized spacial score (nSPS) is 12.7. The van der Waals surface area contributed by atoms with E-state index in [4.69, 9.17) is 16.7 Å². The van der Waals surface area contributed by atoms with Crippen LogP contribution in [0.3, 0.4) is 0 Å². The van der Waals surface area contributed by atoms with Gasteiger partial charge in [-0.2, -0.15) is 11.8 Å². The van der Waals surface area contributed by atoms with Crippen LogP contribution < -0.4 is 0 Å². The third-order valence-corrected chi connectivity index (χ3v) is 5.04. The van der Waals surface area contributed by atoms with Gasteiger partial charge in [0.2, 0.25) is 0 Å². The first-order chi connectivity index (χ1) is 10.0. The van der Waals surface area contributed by atoms with Crippen LogP contribution in [0.2, 0.25) is 5.02 Å². The zero-order valence-electron chi connectivity index (χ0n) is 11.9. The molecule has 0 saturated heterocycles. The van der Waals surface area contributed by atoms with E-state index in [-0.39, 0.29) is 5.75 Å². The number of hydrogen-bond acceptors (Lipinski definition) is 4. The summed E-state index contributed by atoms with van der Waals surface area (Å²) in [7, 11) is 0. The molecule has 0 spiro atoms. The Labute approximate surface area is 137 Å². The molecule has 0 aliphatic rings. The van der Waals surface area contributed by atoms with Gasteiger partial charge in [-0.05, 0) is 36.1 Å². The molecule has 0 bridgehead atoms. The summed E-state index contributed by atoms with van der Waals surface area (Å²) in [6, 6.07) is 5.60. The van der Waals surface area contributed by atoms with Crippen molar-refractivity contribution in [1.29, 1.82) is 0 Å². The maximum atomic E-state index is 10.8. The van der Waals surface area contributed by atoms with Crippen LogP contribution >= 0.6 is 35.1 Å². The molecule has 0 aliphatic heterocycles. The van der Waals surface area contributed by atoms with Gasteiger partial charge in [-0.3, -0.25) is 4.79 Å². The van der Waals surface area contributed by atoms with E-state index in [1.165, 1.54) is 11.8 Å². The highest BCUT2D eigenvalue weighted by molar-refractivity contribution is 7.99. The zero-order chi connectivity index (χ0) is 15.4. The molecule has 2 aromatic rings. The van der Waals surface area contributed by atoms with Gasteiger partial charge in [-0.25, -0.2) is 4.98 Å². The molecule has 4 nitrogen and oxygen atoms in total. The molecule has 7 heteroatoms. The van der Waals surface area contributed by atoms with Crippen molar-refractivity contribution in [1.82, 2.24) is 9.55 Å². The van der Waals surface area contributed by atoms with Crippen LogP contribution in [0.5, 0.6) is 0 Å². The van der Waals surface area contributed by atoms with Gasteiger partial charge in [-0.1, -0.05) is 30.3 Å². The third-order valence-electron chi connectivity index (χ3n) is 2.95. The zero-order valence-corrected chi connectivity index (χ0v) is 14.3. The number of carboxylic acids is 1. The van der Waals surface area contributed by atoms with E-state index in [1.807, 2.05) is 30.0 Å². The van der Waals surface area contributed by atoms with Crippen LogP contribution in [-0.2, 0) is 11.3 Å². The van der Waals surface area contributed by atoms with Gasteiger partial charge >= 0.3 is 5.97 Å². The molecule has 0 fully saturated rings. The molecule has 1 atom stereocenters. The lowest BCUT2D eigenvalue weighted by Crippen LogP contribution is -2.11. The number of benzene rings is 1. The second kappa shape index (κ2) is 7.42. The first-order valence-corrected chi connectivity index (χ1v) is 9.26. The standard InChI is InChI=1S/C14H17ClN2O2S2/c1-9(7-20-2)6-17-12-4-3-10(15)5-11(12)16-14(17)21-8-13(18)19/h3-5,9H,6-8H2,1-2H3,(H,18,19). The number of rotatable bonds is 7. The number of aliphatic carboxylic acids is 1. The predicted molar refractivity (Wildman–Crippen MR) is 90.6 cm³/mol. The van der Waals surface area contributed by atoms with E-state index < -0.39 is 5.97 Å². The van der Waals surface area contributed by atoms with Gasteiger partial charge in [-0.15, -0.1) is 0 Å². The quantitative estimate of drug-likeness (QED) is 0.773. The van der Waals surface area contributed by atoms with E-state index in [1.54, 1.807) is 0 Å². The van der Waals surface area contributed by atoms with Gasteiger partial charge in [0.15, 0.2) is 5.16 Å². The number of halogens is 1. The Bertz CT molecular complexity index is 645. The number of thioether (sulfide) groups is 2. The van der Waals surface area contributed by atoms with E-state index in [0.717, 1.165) is 28.5 Å². The monoisotopic (exact) mass is 344 g/mol. The first kappa shape index (κ1) is 16.5. The summed E-state index contributed by atoms with van der Waals surface area (Å²) in [4.78, 5) is 15.3. The van der Waals surface area contributed by atoms with Crippen molar-refractivity contribution in [2.45, 2.75) is 18.6 Å². The Balaban J connectivity index is 2.36. The Morgan fingerprint density at radius 1 is 1.52 bits per heavy atom. The fraction of sp³-hybridized carbons (Fsp3) is 0.429. The summed E-state index contributed by atoms with van der Waals surface area (Å²) in [6.45, 7) is 3.00. The second-order valence-corrected chi connectivity index (χ2v) is 7.17. The Morgan fingerprint density at radius 2 is 2.29 bits per heavy atom. The Kier molecular flexibility index (Phi) is 5.84. The number of fused-ring (bicyclic) bond motifs is 1. The number of carboxylic acid groups (broad SMARTS) is 1. The van der Waals surface area contributed by atoms with Crippen molar-refractivity contribution >= 4 is 52.1 Å². The fourth-order valence-electron chi connectivity index (χ4n) is 2.14. The van der Waals surface area contributed by atoms with Crippen molar-refractivity contribution in [3.8, 4) is 0 Å². The predicted octanol–water partition coefficient (Wildman–Crippen LogP) is 3.87. The van der Waals surface area contributed by atoms with Gasteiger partial charge in [0.05, 0.1) is 16.8 Å². The highest BCUT2D eigenvalue weighted by atomic mass is 35.5. The van der Waals surface area contributed by atoms with Crippen LogP contribution in [0.25, 0.3) is 11.0 Å². The van der Waals surface area contributed by atoms with E-state index in [2.05, 4.69) is 22.7 Å². The highest BCUT2D eigenvalue weighted by Crippen LogP contribution is 2.27. The lowest BCUT2D eigenvalue weighted by Gasteiger charge is -2.14. The maximum Gasteiger partial charge on any atom is 0.313 e. The molecule has 0 amide bonds. The fourth-order valence-corrected chi connectivity index (χ4v) is 3.73. The molecule has 1 aromatic heterocycles. The van der Waals surface area contributed by atoms with Crippen molar-refractivity contribution < 1.29 is 9.90 Å². The molecule has 2 rings (SSSR count). The average molecular weight is 345 g/mol. The molecular weight excluding hydrogens is 328 g/mol. The van der Waals surface area contributed by atoms with Crippen LogP contribution in [0.1, 0.15) is 6.92 Å². The van der Waals surface area contributed by atoms with Crippen molar-refractivity contribution in [2.24, 2.45) is 5.92 Å². The van der Waals surface area contributed by atoms with Gasteiger partial charge in [0.1, 0.15) is 0 Å².